The average Bonchev–Trinajstić information content (AvgIpc) is 1.86. The average molecular weight is 172 g/mol. The highest BCUT2D eigenvalue weighted by atomic mass is 14.1. The van der Waals surface area contributed by atoms with Crippen LogP contribution in [0.15, 0.2) is 0 Å². The zero-order valence-corrected chi connectivity index (χ0v) is 10.4. The molecule has 0 N–H and O–H groups in total. The number of hydrogen-bond acceptors (Lipinski definition) is 0. The van der Waals surface area contributed by atoms with E-state index in [9.17, 15) is 0 Å². The van der Waals surface area contributed by atoms with Crippen molar-refractivity contribution >= 4 is 0 Å². The monoisotopic (exact) mass is 172 g/mol. The lowest BCUT2D eigenvalue weighted by molar-refractivity contribution is 0.397. The molecule has 0 atom stereocenters. The van der Waals surface area contributed by atoms with Gasteiger partial charge in [0.1, 0.15) is 0 Å². The van der Waals surface area contributed by atoms with E-state index in [2.05, 4.69) is 55.4 Å². The van der Waals surface area contributed by atoms with Crippen molar-refractivity contribution in [3.63, 3.8) is 0 Å². The van der Waals surface area contributed by atoms with E-state index in [0.717, 1.165) is 0 Å². The predicted molar refractivity (Wildman–Crippen MR) is 59.5 cm³/mol. The summed E-state index contributed by atoms with van der Waals surface area (Å²) in [6.45, 7) is 17.9. The zero-order chi connectivity index (χ0) is 10.4. The number of hydrogen-bond donors (Lipinski definition) is 0. The van der Waals surface area contributed by atoms with Gasteiger partial charge in [-0.2, -0.15) is 0 Å². The standard InChI is InChI=1S/2C6H14/c2*1-5-6(2,3)4/h2*5H2,1-4H3. The Morgan fingerprint density at radius 2 is 0.667 bits per heavy atom. The van der Waals surface area contributed by atoms with E-state index in [1.54, 1.807) is 0 Å². The Morgan fingerprint density at radius 1 is 0.583 bits per heavy atom. The summed E-state index contributed by atoms with van der Waals surface area (Å²) >= 11 is 0. The van der Waals surface area contributed by atoms with Crippen LogP contribution in [0.2, 0.25) is 0 Å². The first kappa shape index (κ1) is 14.5. The third kappa shape index (κ3) is 22.5. The topological polar surface area (TPSA) is 0 Å². The molecule has 0 aromatic heterocycles. The molecule has 0 heteroatoms. The normalized spacial score (nSPS) is 12.0. The molecular formula is C12H28. The van der Waals surface area contributed by atoms with E-state index in [-0.39, 0.29) is 0 Å². The van der Waals surface area contributed by atoms with Crippen LogP contribution in [0.3, 0.4) is 0 Å². The Labute approximate surface area is 79.8 Å². The molecule has 0 radical (unpaired) electrons. The van der Waals surface area contributed by atoms with Crippen molar-refractivity contribution in [3.8, 4) is 0 Å². The smallest absolute Gasteiger partial charge is 0.0385 e. The van der Waals surface area contributed by atoms with Gasteiger partial charge in [0.2, 0.25) is 0 Å². The van der Waals surface area contributed by atoms with Crippen LogP contribution in [0.5, 0.6) is 0 Å². The molecule has 0 bridgehead atoms. The van der Waals surface area contributed by atoms with E-state index >= 15 is 0 Å². The summed E-state index contributed by atoms with van der Waals surface area (Å²) in [5.74, 6) is 0. The van der Waals surface area contributed by atoms with Crippen LogP contribution in [-0.2, 0) is 0 Å². The second-order valence-electron chi connectivity index (χ2n) is 5.83. The lowest BCUT2D eigenvalue weighted by atomic mass is 9.94. The minimum absolute atomic E-state index is 0.542. The van der Waals surface area contributed by atoms with Crippen molar-refractivity contribution < 1.29 is 0 Å². The van der Waals surface area contributed by atoms with Gasteiger partial charge in [0, 0.05) is 0 Å². The maximum atomic E-state index is 2.24. The van der Waals surface area contributed by atoms with Crippen molar-refractivity contribution in [1.29, 1.82) is 0 Å². The molecule has 76 valence electrons. The molecule has 0 aromatic carbocycles. The second kappa shape index (κ2) is 5.61. The largest absolute Gasteiger partial charge is 0.0649 e. The molecule has 0 aliphatic rings. The lowest BCUT2D eigenvalue weighted by Crippen LogP contribution is -2.00. The van der Waals surface area contributed by atoms with Crippen molar-refractivity contribution in [3.05, 3.63) is 0 Å². The van der Waals surface area contributed by atoms with Gasteiger partial charge in [-0.25, -0.2) is 0 Å². The molecule has 0 aliphatic carbocycles. The quantitative estimate of drug-likeness (QED) is 0.488. The summed E-state index contributed by atoms with van der Waals surface area (Å²) in [7, 11) is 0. The fraction of sp³-hybridized carbons (Fsp3) is 1.00. The second-order valence-corrected chi connectivity index (χ2v) is 5.83. The van der Waals surface area contributed by atoms with Gasteiger partial charge < -0.3 is 0 Å². The third-order valence-corrected chi connectivity index (χ3v) is 2.12. The van der Waals surface area contributed by atoms with Gasteiger partial charge in [-0.1, -0.05) is 68.2 Å². The summed E-state index contributed by atoms with van der Waals surface area (Å²) in [6, 6.07) is 0. The first-order chi connectivity index (χ1) is 5.12. The fourth-order valence-corrected chi connectivity index (χ4v) is 0. The molecule has 0 aromatic rings. The highest BCUT2D eigenvalue weighted by molar-refractivity contribution is 4.55. The van der Waals surface area contributed by atoms with Crippen LogP contribution < -0.4 is 0 Å². The maximum absolute atomic E-state index is 2.24. The van der Waals surface area contributed by atoms with E-state index in [1.807, 2.05) is 0 Å². The first-order valence-electron chi connectivity index (χ1n) is 5.12. The van der Waals surface area contributed by atoms with Crippen molar-refractivity contribution in [2.24, 2.45) is 10.8 Å². The Morgan fingerprint density at radius 3 is 0.667 bits per heavy atom. The molecule has 0 rings (SSSR count). The molecule has 12 heavy (non-hydrogen) atoms. The van der Waals surface area contributed by atoms with Crippen LogP contribution in [0.1, 0.15) is 68.2 Å². The van der Waals surface area contributed by atoms with Gasteiger partial charge in [0.25, 0.3) is 0 Å². The van der Waals surface area contributed by atoms with Gasteiger partial charge >= 0.3 is 0 Å². The van der Waals surface area contributed by atoms with Gasteiger partial charge in [-0.05, 0) is 10.8 Å². The Kier molecular flexibility index (Phi) is 6.79. The molecule has 0 amide bonds. The van der Waals surface area contributed by atoms with Gasteiger partial charge in [0.05, 0.1) is 0 Å². The minimum Gasteiger partial charge on any atom is -0.0649 e. The Hall–Kier alpha value is 0. The van der Waals surface area contributed by atoms with Crippen LogP contribution in [-0.4, -0.2) is 0 Å². The highest BCUT2D eigenvalue weighted by Crippen LogP contribution is 2.16. The fourth-order valence-electron chi connectivity index (χ4n) is 0. The van der Waals surface area contributed by atoms with Crippen LogP contribution >= 0.6 is 0 Å². The van der Waals surface area contributed by atoms with Gasteiger partial charge in [-0.3, -0.25) is 0 Å². The molecule has 0 aliphatic heterocycles. The summed E-state index contributed by atoms with van der Waals surface area (Å²) < 4.78 is 0. The summed E-state index contributed by atoms with van der Waals surface area (Å²) in [4.78, 5) is 0. The van der Waals surface area contributed by atoms with Crippen molar-refractivity contribution in [1.82, 2.24) is 0 Å². The van der Waals surface area contributed by atoms with Crippen LogP contribution in [0.25, 0.3) is 0 Å². The Balaban J connectivity index is 0. The van der Waals surface area contributed by atoms with E-state index in [1.165, 1.54) is 12.8 Å². The third-order valence-electron chi connectivity index (χ3n) is 2.12. The summed E-state index contributed by atoms with van der Waals surface area (Å²) in [5.41, 5.74) is 1.08. The van der Waals surface area contributed by atoms with E-state index < -0.39 is 0 Å². The highest BCUT2D eigenvalue weighted by Gasteiger charge is 2.03. The molecule has 0 unspecified atom stereocenters. The van der Waals surface area contributed by atoms with Gasteiger partial charge in [0.15, 0.2) is 0 Å². The molecule has 0 nitrogen and oxygen atoms in total. The van der Waals surface area contributed by atoms with E-state index in [0.29, 0.717) is 10.8 Å². The molecule has 0 heterocycles. The Bertz CT molecular complexity index is 73.6. The molecule has 0 fully saturated rings. The van der Waals surface area contributed by atoms with Crippen molar-refractivity contribution in [2.75, 3.05) is 0 Å². The van der Waals surface area contributed by atoms with Crippen LogP contribution in [0.4, 0.5) is 0 Å². The lowest BCUT2D eigenvalue weighted by Gasteiger charge is -2.12. The molecular weight excluding hydrogens is 144 g/mol. The maximum Gasteiger partial charge on any atom is -0.0385 e. The first-order valence-corrected chi connectivity index (χ1v) is 5.12. The molecule has 0 saturated heterocycles. The predicted octanol–water partition coefficient (Wildman–Crippen LogP) is 4.89. The van der Waals surface area contributed by atoms with Crippen molar-refractivity contribution in [2.45, 2.75) is 68.2 Å². The SMILES string of the molecule is CCC(C)(C)C.CCC(C)(C)C. The molecule has 0 spiro atoms. The summed E-state index contributed by atoms with van der Waals surface area (Å²) in [5, 5.41) is 0. The summed E-state index contributed by atoms with van der Waals surface area (Å²) in [6.07, 6.45) is 2.54. The molecule has 0 saturated carbocycles. The van der Waals surface area contributed by atoms with Crippen LogP contribution in [0, 0.1) is 10.8 Å². The number of rotatable bonds is 0. The minimum atomic E-state index is 0.542. The zero-order valence-electron chi connectivity index (χ0n) is 10.4. The van der Waals surface area contributed by atoms with E-state index in [4.69, 9.17) is 0 Å². The van der Waals surface area contributed by atoms with Gasteiger partial charge in [-0.15, -0.1) is 0 Å².